The number of nitrogens with zero attached hydrogens (tertiary/aromatic N) is 3. The first-order valence-corrected chi connectivity index (χ1v) is 8.45. The highest BCUT2D eigenvalue weighted by Crippen LogP contribution is 2.28. The molecule has 0 bridgehead atoms. The summed E-state index contributed by atoms with van der Waals surface area (Å²) in [5.74, 6) is 1.46. The van der Waals surface area contributed by atoms with Crippen LogP contribution in [0.15, 0.2) is 36.5 Å². The average Bonchev–Trinajstić information content (AvgIpc) is 3.02. The summed E-state index contributed by atoms with van der Waals surface area (Å²) >= 11 is 6.05. The average molecular weight is 343 g/mol. The molecule has 3 heterocycles. The molecule has 4 rings (SSSR count). The smallest absolute Gasteiger partial charge is 0.231 e. The lowest BCUT2D eigenvalue weighted by Crippen LogP contribution is -2.43. The summed E-state index contributed by atoms with van der Waals surface area (Å²) in [6, 6.07) is 9.70. The van der Waals surface area contributed by atoms with Crippen LogP contribution in [0.25, 0.3) is 11.0 Å². The van der Waals surface area contributed by atoms with E-state index in [2.05, 4.69) is 20.2 Å². The number of anilines is 3. The van der Waals surface area contributed by atoms with Crippen LogP contribution in [-0.4, -0.2) is 34.1 Å². The molecule has 0 radical (unpaired) electrons. The molecule has 4 N–H and O–H groups in total. The van der Waals surface area contributed by atoms with E-state index < -0.39 is 0 Å². The van der Waals surface area contributed by atoms with Gasteiger partial charge in [0.1, 0.15) is 11.5 Å². The molecule has 1 atom stereocenters. The lowest BCUT2D eigenvalue weighted by molar-refractivity contribution is 0.504. The number of hydrogen-bond donors (Lipinski definition) is 3. The van der Waals surface area contributed by atoms with Gasteiger partial charge in [-0.25, -0.2) is 0 Å². The molecule has 0 unspecified atom stereocenters. The molecule has 124 valence electrons. The Morgan fingerprint density at radius 3 is 3.04 bits per heavy atom. The Morgan fingerprint density at radius 1 is 1.29 bits per heavy atom. The molecule has 0 spiro atoms. The summed E-state index contributed by atoms with van der Waals surface area (Å²) in [4.78, 5) is 14.7. The SMILES string of the molecule is N[C@H]1CCCN(c2nc(Nc3cccc(Cl)c3)nc3[nH]ccc23)C1. The lowest BCUT2D eigenvalue weighted by Gasteiger charge is -2.32. The van der Waals surface area contributed by atoms with Gasteiger partial charge in [0.15, 0.2) is 0 Å². The standard InChI is InChI=1S/C17H19ClN6/c18-11-3-1-5-13(9-11)21-17-22-15-14(6-7-20-15)16(23-17)24-8-2-4-12(19)10-24/h1,3,5-7,9,12H,2,4,8,10,19H2,(H2,20,21,22,23)/t12-/m0/s1. The molecule has 24 heavy (non-hydrogen) atoms. The fraction of sp³-hybridized carbons (Fsp3) is 0.294. The van der Waals surface area contributed by atoms with Crippen LogP contribution in [0.4, 0.5) is 17.5 Å². The van der Waals surface area contributed by atoms with Gasteiger partial charge in [0.25, 0.3) is 0 Å². The van der Waals surface area contributed by atoms with Crippen LogP contribution in [0.2, 0.25) is 5.02 Å². The molecule has 1 fully saturated rings. The monoisotopic (exact) mass is 342 g/mol. The molecule has 2 aromatic heterocycles. The van der Waals surface area contributed by atoms with Gasteiger partial charge in [-0.15, -0.1) is 0 Å². The minimum atomic E-state index is 0.187. The topological polar surface area (TPSA) is 82.9 Å². The van der Waals surface area contributed by atoms with Gasteiger partial charge in [-0.2, -0.15) is 9.97 Å². The Morgan fingerprint density at radius 2 is 2.21 bits per heavy atom. The zero-order valence-electron chi connectivity index (χ0n) is 13.2. The molecule has 1 aliphatic heterocycles. The van der Waals surface area contributed by atoms with E-state index in [0.29, 0.717) is 11.0 Å². The van der Waals surface area contributed by atoms with Crippen molar-refractivity contribution in [3.8, 4) is 0 Å². The van der Waals surface area contributed by atoms with Crippen molar-refractivity contribution in [3.05, 3.63) is 41.6 Å². The first-order chi connectivity index (χ1) is 11.7. The maximum absolute atomic E-state index is 6.14. The summed E-state index contributed by atoms with van der Waals surface area (Å²) < 4.78 is 0. The normalized spacial score (nSPS) is 18.1. The zero-order chi connectivity index (χ0) is 16.5. The maximum Gasteiger partial charge on any atom is 0.231 e. The predicted octanol–water partition coefficient (Wildman–Crippen LogP) is 3.28. The van der Waals surface area contributed by atoms with Crippen LogP contribution >= 0.6 is 11.6 Å². The van der Waals surface area contributed by atoms with Crippen molar-refractivity contribution in [2.24, 2.45) is 5.73 Å². The predicted molar refractivity (Wildman–Crippen MR) is 98.0 cm³/mol. The molecular formula is C17H19ClN6. The Balaban J connectivity index is 1.72. The van der Waals surface area contributed by atoms with Crippen LogP contribution < -0.4 is 16.0 Å². The number of benzene rings is 1. The van der Waals surface area contributed by atoms with E-state index >= 15 is 0 Å². The molecule has 3 aromatic rings. The van der Waals surface area contributed by atoms with Gasteiger partial charge >= 0.3 is 0 Å². The zero-order valence-corrected chi connectivity index (χ0v) is 13.9. The second-order valence-corrected chi connectivity index (χ2v) is 6.53. The molecule has 1 aliphatic rings. The van der Waals surface area contributed by atoms with Crippen LogP contribution in [0.3, 0.4) is 0 Å². The first-order valence-electron chi connectivity index (χ1n) is 8.07. The molecule has 1 aromatic carbocycles. The van der Waals surface area contributed by atoms with E-state index in [4.69, 9.17) is 22.3 Å². The fourth-order valence-corrected chi connectivity index (χ4v) is 3.31. The van der Waals surface area contributed by atoms with Gasteiger partial charge in [-0.05, 0) is 37.1 Å². The van der Waals surface area contributed by atoms with Crippen molar-refractivity contribution < 1.29 is 0 Å². The Labute approximate surface area is 145 Å². The number of piperidine rings is 1. The number of aromatic nitrogens is 3. The summed E-state index contributed by atoms with van der Waals surface area (Å²) in [5, 5.41) is 4.92. The third kappa shape index (κ3) is 3.02. The lowest BCUT2D eigenvalue weighted by atomic mass is 10.1. The van der Waals surface area contributed by atoms with Gasteiger partial charge < -0.3 is 20.9 Å². The summed E-state index contributed by atoms with van der Waals surface area (Å²) in [7, 11) is 0. The molecule has 0 saturated carbocycles. The maximum atomic E-state index is 6.14. The van der Waals surface area contributed by atoms with Crippen molar-refractivity contribution in [3.63, 3.8) is 0 Å². The highest BCUT2D eigenvalue weighted by Gasteiger charge is 2.21. The molecule has 1 saturated heterocycles. The second-order valence-electron chi connectivity index (χ2n) is 6.09. The van der Waals surface area contributed by atoms with E-state index in [1.807, 2.05) is 36.5 Å². The van der Waals surface area contributed by atoms with E-state index in [1.165, 1.54) is 0 Å². The van der Waals surface area contributed by atoms with Gasteiger partial charge in [0.05, 0.1) is 5.39 Å². The molecule has 6 nitrogen and oxygen atoms in total. The second kappa shape index (κ2) is 6.30. The Bertz CT molecular complexity index is 861. The highest BCUT2D eigenvalue weighted by atomic mass is 35.5. The first kappa shape index (κ1) is 15.2. The number of hydrogen-bond acceptors (Lipinski definition) is 5. The Hall–Kier alpha value is -2.31. The Kier molecular flexibility index (Phi) is 4.00. The summed E-state index contributed by atoms with van der Waals surface area (Å²) in [5.41, 5.74) is 7.80. The third-order valence-corrected chi connectivity index (χ3v) is 4.47. The van der Waals surface area contributed by atoms with Crippen molar-refractivity contribution in [1.29, 1.82) is 0 Å². The molecular weight excluding hydrogens is 324 g/mol. The van der Waals surface area contributed by atoms with Gasteiger partial charge in [-0.1, -0.05) is 17.7 Å². The van der Waals surface area contributed by atoms with Gasteiger partial charge in [0.2, 0.25) is 5.95 Å². The number of rotatable bonds is 3. The molecule has 7 heteroatoms. The van der Waals surface area contributed by atoms with Crippen LogP contribution in [0.5, 0.6) is 0 Å². The fourth-order valence-electron chi connectivity index (χ4n) is 3.12. The third-order valence-electron chi connectivity index (χ3n) is 4.23. The number of nitrogens with two attached hydrogens (primary N) is 1. The molecule has 0 aliphatic carbocycles. The quantitative estimate of drug-likeness (QED) is 0.680. The van der Waals surface area contributed by atoms with E-state index in [-0.39, 0.29) is 6.04 Å². The van der Waals surface area contributed by atoms with Gasteiger partial charge in [0, 0.05) is 36.0 Å². The number of nitrogens with one attached hydrogen (secondary N) is 2. The summed E-state index contributed by atoms with van der Waals surface area (Å²) in [6.45, 7) is 1.77. The van der Waals surface area contributed by atoms with E-state index in [1.54, 1.807) is 0 Å². The number of fused-ring (bicyclic) bond motifs is 1. The minimum Gasteiger partial charge on any atom is -0.354 e. The van der Waals surface area contributed by atoms with Crippen molar-refractivity contribution in [2.45, 2.75) is 18.9 Å². The van der Waals surface area contributed by atoms with Gasteiger partial charge in [-0.3, -0.25) is 0 Å². The van der Waals surface area contributed by atoms with Crippen molar-refractivity contribution in [2.75, 3.05) is 23.3 Å². The highest BCUT2D eigenvalue weighted by molar-refractivity contribution is 6.30. The molecule has 0 amide bonds. The van der Waals surface area contributed by atoms with E-state index in [0.717, 1.165) is 48.5 Å². The largest absolute Gasteiger partial charge is 0.354 e. The number of aromatic amines is 1. The minimum absolute atomic E-state index is 0.187. The number of halogens is 1. The van der Waals surface area contributed by atoms with Crippen LogP contribution in [-0.2, 0) is 0 Å². The summed E-state index contributed by atoms with van der Waals surface area (Å²) in [6.07, 6.45) is 4.02. The van der Waals surface area contributed by atoms with Crippen LogP contribution in [0, 0.1) is 0 Å². The van der Waals surface area contributed by atoms with Crippen LogP contribution in [0.1, 0.15) is 12.8 Å². The van der Waals surface area contributed by atoms with E-state index in [9.17, 15) is 0 Å². The van der Waals surface area contributed by atoms with Crippen molar-refractivity contribution in [1.82, 2.24) is 15.0 Å². The van der Waals surface area contributed by atoms with Crippen molar-refractivity contribution >= 4 is 40.1 Å². The number of H-pyrrole nitrogens is 1.